The Kier molecular flexibility index (Phi) is 4.16. The lowest BCUT2D eigenvalue weighted by molar-refractivity contribution is -0.147. The third-order valence-corrected chi connectivity index (χ3v) is 3.74. The first-order chi connectivity index (χ1) is 11.6. The molecule has 0 unspecified atom stereocenters. The van der Waals surface area contributed by atoms with Crippen LogP contribution in [0.3, 0.4) is 0 Å². The molecular weight excluding hydrogens is 387 g/mol. The maximum atomic E-state index is 14.2. The number of benzene rings is 1. The van der Waals surface area contributed by atoms with E-state index >= 15 is 0 Å². The second kappa shape index (κ2) is 5.92. The van der Waals surface area contributed by atoms with Gasteiger partial charge in [-0.05, 0) is 29.8 Å². The Morgan fingerprint density at radius 3 is 2.36 bits per heavy atom. The van der Waals surface area contributed by atoms with Crippen molar-refractivity contribution in [1.82, 2.24) is 19.5 Å². The van der Waals surface area contributed by atoms with Gasteiger partial charge >= 0.3 is 6.18 Å². The number of nitrogens with zero attached hydrogens (tertiary/aromatic N) is 4. The van der Waals surface area contributed by atoms with Gasteiger partial charge in [0.1, 0.15) is 17.0 Å². The molecule has 0 saturated carbocycles. The number of aromatic nitrogens is 4. The average molecular weight is 393 g/mol. The molecule has 0 fully saturated rings. The Hall–Kier alpha value is -2.26. The van der Waals surface area contributed by atoms with E-state index in [1.165, 1.54) is 12.1 Å². The summed E-state index contributed by atoms with van der Waals surface area (Å²) < 4.78 is 53.9. The lowest BCUT2D eigenvalue weighted by atomic mass is 10.1. The molecule has 2 aromatic heterocycles. The van der Waals surface area contributed by atoms with E-state index in [0.29, 0.717) is 4.57 Å². The van der Waals surface area contributed by atoms with Crippen LogP contribution in [0.2, 0.25) is 10.3 Å². The van der Waals surface area contributed by atoms with Crippen LogP contribution < -0.4 is 5.56 Å². The highest BCUT2D eigenvalue weighted by Crippen LogP contribution is 2.32. The van der Waals surface area contributed by atoms with E-state index < -0.39 is 39.7 Å². The molecule has 5 nitrogen and oxygen atoms in total. The Morgan fingerprint density at radius 1 is 1.08 bits per heavy atom. The smallest absolute Gasteiger partial charge is 0.290 e. The predicted octanol–water partition coefficient (Wildman–Crippen LogP) is 3.86. The Morgan fingerprint density at radius 2 is 1.76 bits per heavy atom. The second-order valence-corrected chi connectivity index (χ2v) is 5.73. The van der Waals surface area contributed by atoms with Gasteiger partial charge in [0.05, 0.1) is 0 Å². The summed E-state index contributed by atoms with van der Waals surface area (Å²) in [6, 6.07) is 3.46. The standard InChI is InChI=1S/C14H6Cl2F4N4O/c1-24-11(25)10-9(21-12(24)14(18,19)20)8(22-13(16)23-10)6-3-2-5(15)4-7(6)17/h2-4H,1H3. The molecule has 0 bridgehead atoms. The molecule has 25 heavy (non-hydrogen) atoms. The van der Waals surface area contributed by atoms with E-state index in [-0.39, 0.29) is 16.3 Å². The van der Waals surface area contributed by atoms with Crippen LogP contribution in [0.25, 0.3) is 22.3 Å². The molecule has 0 aliphatic rings. The molecule has 0 amide bonds. The zero-order valence-electron chi connectivity index (χ0n) is 12.2. The Labute approximate surface area is 146 Å². The first-order valence-corrected chi connectivity index (χ1v) is 7.32. The lowest BCUT2D eigenvalue weighted by Crippen LogP contribution is -2.28. The van der Waals surface area contributed by atoms with Crippen molar-refractivity contribution in [1.29, 1.82) is 0 Å². The molecular formula is C14H6Cl2F4N4O. The van der Waals surface area contributed by atoms with Crippen LogP contribution >= 0.6 is 23.2 Å². The molecule has 130 valence electrons. The quantitative estimate of drug-likeness (QED) is 0.466. The predicted molar refractivity (Wildman–Crippen MR) is 83.0 cm³/mol. The fraction of sp³-hybridized carbons (Fsp3) is 0.143. The average Bonchev–Trinajstić information content (AvgIpc) is 2.49. The third kappa shape index (κ3) is 3.05. The molecule has 0 saturated heterocycles. The number of rotatable bonds is 1. The maximum Gasteiger partial charge on any atom is 0.449 e. The fourth-order valence-corrected chi connectivity index (χ4v) is 2.57. The summed E-state index contributed by atoms with van der Waals surface area (Å²) in [5.74, 6) is -2.33. The molecule has 0 N–H and O–H groups in total. The van der Waals surface area contributed by atoms with Crippen molar-refractivity contribution < 1.29 is 17.6 Å². The molecule has 0 spiro atoms. The van der Waals surface area contributed by atoms with Gasteiger partial charge in [0, 0.05) is 17.6 Å². The van der Waals surface area contributed by atoms with E-state index in [0.717, 1.165) is 13.1 Å². The maximum absolute atomic E-state index is 14.2. The van der Waals surface area contributed by atoms with E-state index in [2.05, 4.69) is 15.0 Å². The minimum Gasteiger partial charge on any atom is -0.290 e. The van der Waals surface area contributed by atoms with Crippen molar-refractivity contribution in [2.24, 2.45) is 7.05 Å². The summed E-state index contributed by atoms with van der Waals surface area (Å²) >= 11 is 11.4. The normalized spacial score (nSPS) is 12.0. The highest BCUT2D eigenvalue weighted by Gasteiger charge is 2.37. The summed E-state index contributed by atoms with van der Waals surface area (Å²) in [5.41, 5.74) is -2.61. The van der Waals surface area contributed by atoms with Crippen molar-refractivity contribution >= 4 is 34.2 Å². The monoisotopic (exact) mass is 392 g/mol. The van der Waals surface area contributed by atoms with Crippen LogP contribution in [0.4, 0.5) is 17.6 Å². The highest BCUT2D eigenvalue weighted by molar-refractivity contribution is 6.30. The van der Waals surface area contributed by atoms with Gasteiger partial charge in [0.25, 0.3) is 5.56 Å². The molecule has 0 atom stereocenters. The molecule has 0 aliphatic carbocycles. The molecule has 1 aromatic carbocycles. The first-order valence-electron chi connectivity index (χ1n) is 6.56. The molecule has 3 rings (SSSR count). The molecule has 11 heteroatoms. The van der Waals surface area contributed by atoms with Crippen LogP contribution in [-0.4, -0.2) is 19.5 Å². The Bertz CT molecular complexity index is 1070. The van der Waals surface area contributed by atoms with E-state index in [1.807, 2.05) is 0 Å². The van der Waals surface area contributed by atoms with Crippen LogP contribution in [-0.2, 0) is 13.2 Å². The summed E-state index contributed by atoms with van der Waals surface area (Å²) in [6.45, 7) is 0. The van der Waals surface area contributed by atoms with Gasteiger partial charge in [-0.3, -0.25) is 9.36 Å². The van der Waals surface area contributed by atoms with Crippen LogP contribution in [0.5, 0.6) is 0 Å². The van der Waals surface area contributed by atoms with Crippen LogP contribution in [0, 0.1) is 5.82 Å². The molecule has 0 radical (unpaired) electrons. The summed E-state index contributed by atoms with van der Waals surface area (Å²) in [4.78, 5) is 23.1. The van der Waals surface area contributed by atoms with Crippen molar-refractivity contribution in [3.05, 3.63) is 50.5 Å². The van der Waals surface area contributed by atoms with Gasteiger partial charge in [0.2, 0.25) is 11.1 Å². The van der Waals surface area contributed by atoms with Gasteiger partial charge in [-0.25, -0.2) is 19.3 Å². The number of alkyl halides is 3. The Balaban J connectivity index is 2.48. The van der Waals surface area contributed by atoms with Gasteiger partial charge < -0.3 is 0 Å². The summed E-state index contributed by atoms with van der Waals surface area (Å²) in [6.07, 6.45) is -4.91. The second-order valence-electron chi connectivity index (χ2n) is 4.96. The summed E-state index contributed by atoms with van der Waals surface area (Å²) in [5, 5.41) is -0.360. The zero-order chi connectivity index (χ0) is 18.5. The van der Waals surface area contributed by atoms with Crippen molar-refractivity contribution in [3.8, 4) is 11.3 Å². The van der Waals surface area contributed by atoms with Gasteiger partial charge in [-0.15, -0.1) is 0 Å². The minimum atomic E-state index is -4.91. The SMILES string of the molecule is Cn1c(C(F)(F)F)nc2c(-c3ccc(Cl)cc3F)nc(Cl)nc2c1=O. The molecule has 0 aliphatic heterocycles. The van der Waals surface area contributed by atoms with E-state index in [9.17, 15) is 22.4 Å². The number of hydrogen-bond acceptors (Lipinski definition) is 4. The van der Waals surface area contributed by atoms with Crippen LogP contribution in [0.15, 0.2) is 23.0 Å². The topological polar surface area (TPSA) is 60.7 Å². The van der Waals surface area contributed by atoms with Crippen LogP contribution in [0.1, 0.15) is 5.82 Å². The largest absolute Gasteiger partial charge is 0.449 e. The number of fused-ring (bicyclic) bond motifs is 1. The number of halogens is 6. The zero-order valence-corrected chi connectivity index (χ0v) is 13.7. The van der Waals surface area contributed by atoms with Crippen molar-refractivity contribution in [2.75, 3.05) is 0 Å². The summed E-state index contributed by atoms with van der Waals surface area (Å²) in [7, 11) is 0.899. The first kappa shape index (κ1) is 17.6. The lowest BCUT2D eigenvalue weighted by Gasteiger charge is -2.13. The van der Waals surface area contributed by atoms with E-state index in [4.69, 9.17) is 23.2 Å². The highest BCUT2D eigenvalue weighted by atomic mass is 35.5. The van der Waals surface area contributed by atoms with Gasteiger partial charge in [-0.1, -0.05) is 11.6 Å². The third-order valence-electron chi connectivity index (χ3n) is 3.34. The van der Waals surface area contributed by atoms with E-state index in [1.54, 1.807) is 0 Å². The minimum absolute atomic E-state index is 0.0746. The van der Waals surface area contributed by atoms with Gasteiger partial charge in [0.15, 0.2) is 5.52 Å². The molecule has 2 heterocycles. The van der Waals surface area contributed by atoms with Crippen molar-refractivity contribution in [2.45, 2.75) is 6.18 Å². The van der Waals surface area contributed by atoms with Crippen molar-refractivity contribution in [3.63, 3.8) is 0 Å². The fourth-order valence-electron chi connectivity index (χ4n) is 2.24. The van der Waals surface area contributed by atoms with Gasteiger partial charge in [-0.2, -0.15) is 13.2 Å². The number of hydrogen-bond donors (Lipinski definition) is 0. The molecule has 3 aromatic rings.